The first-order valence-corrected chi connectivity index (χ1v) is 7.72. The number of halogens is 2. The summed E-state index contributed by atoms with van der Waals surface area (Å²) in [6.45, 7) is 0.842. The first kappa shape index (κ1) is 12.3. The zero-order valence-electron chi connectivity index (χ0n) is 9.91. The van der Waals surface area contributed by atoms with E-state index in [1.165, 1.54) is 18.9 Å². The number of benzene rings is 1. The minimum absolute atomic E-state index is 0.294. The van der Waals surface area contributed by atoms with Crippen LogP contribution in [0.1, 0.15) is 12.8 Å². The van der Waals surface area contributed by atoms with Gasteiger partial charge in [-0.3, -0.25) is 0 Å². The molecule has 18 heavy (non-hydrogen) atoms. The summed E-state index contributed by atoms with van der Waals surface area (Å²) in [6, 6.07) is 3.18. The van der Waals surface area contributed by atoms with Gasteiger partial charge in [-0.25, -0.2) is 9.37 Å². The van der Waals surface area contributed by atoms with Gasteiger partial charge in [0.25, 0.3) is 0 Å². The van der Waals surface area contributed by atoms with E-state index < -0.39 is 0 Å². The zero-order chi connectivity index (χ0) is 12.9. The van der Waals surface area contributed by atoms with Crippen molar-refractivity contribution in [3.05, 3.63) is 22.4 Å². The third-order valence-electron chi connectivity index (χ3n) is 3.51. The molecule has 1 aliphatic rings. The van der Waals surface area contributed by atoms with Gasteiger partial charge in [0.15, 0.2) is 0 Å². The Balaban J connectivity index is 2.10. The molecule has 6 heteroatoms. The second-order valence-corrected chi connectivity index (χ2v) is 6.83. The summed E-state index contributed by atoms with van der Waals surface area (Å²) in [6.07, 6.45) is 4.53. The monoisotopic (exact) mass is 329 g/mol. The predicted octanol–water partition coefficient (Wildman–Crippen LogP) is 3.42. The fraction of sp³-hybridized carbons (Fsp3) is 0.417. The maximum atomic E-state index is 13.5. The summed E-state index contributed by atoms with van der Waals surface area (Å²) in [5.41, 5.74) is 7.45. The molecule has 96 valence electrons. The summed E-state index contributed by atoms with van der Waals surface area (Å²) in [4.78, 5) is 4.23. The van der Waals surface area contributed by atoms with Crippen molar-refractivity contribution in [3.63, 3.8) is 0 Å². The molecular formula is C12H13BrFN3S. The van der Waals surface area contributed by atoms with Crippen LogP contribution in [-0.4, -0.2) is 20.6 Å². The van der Waals surface area contributed by atoms with Gasteiger partial charge < -0.3 is 10.3 Å². The Hall–Kier alpha value is -0.750. The van der Waals surface area contributed by atoms with Crippen molar-refractivity contribution in [1.29, 1.82) is 0 Å². The molecule has 1 heterocycles. The van der Waals surface area contributed by atoms with E-state index in [4.69, 9.17) is 5.73 Å². The van der Waals surface area contributed by atoms with Crippen LogP contribution in [0.2, 0.25) is 0 Å². The minimum Gasteiger partial charge on any atom is -0.369 e. The van der Waals surface area contributed by atoms with E-state index in [1.807, 2.05) is 16.3 Å². The molecule has 1 aromatic carbocycles. The van der Waals surface area contributed by atoms with Gasteiger partial charge in [0.2, 0.25) is 5.95 Å². The van der Waals surface area contributed by atoms with Crippen LogP contribution < -0.4 is 5.73 Å². The molecule has 1 fully saturated rings. The van der Waals surface area contributed by atoms with Gasteiger partial charge in [-0.2, -0.15) is 11.8 Å². The summed E-state index contributed by atoms with van der Waals surface area (Å²) in [7, 11) is 0. The molecule has 0 bridgehead atoms. The molecule has 0 amide bonds. The average Bonchev–Trinajstić information content (AvgIpc) is 3.05. The Morgan fingerprint density at radius 3 is 2.89 bits per heavy atom. The lowest BCUT2D eigenvalue weighted by molar-refractivity contribution is 0.622. The molecule has 1 saturated carbocycles. The molecule has 0 aliphatic heterocycles. The number of aromatic nitrogens is 2. The molecular weight excluding hydrogens is 317 g/mol. The number of rotatable bonds is 3. The number of nitrogens with zero attached hydrogens (tertiary/aromatic N) is 2. The van der Waals surface area contributed by atoms with Crippen molar-refractivity contribution < 1.29 is 4.39 Å². The first-order valence-electron chi connectivity index (χ1n) is 5.71. The van der Waals surface area contributed by atoms with Gasteiger partial charge in [-0.1, -0.05) is 0 Å². The van der Waals surface area contributed by atoms with Crippen LogP contribution >= 0.6 is 27.7 Å². The zero-order valence-corrected chi connectivity index (χ0v) is 12.3. The molecule has 1 aliphatic carbocycles. The van der Waals surface area contributed by atoms with Crippen LogP contribution in [-0.2, 0) is 6.54 Å². The van der Waals surface area contributed by atoms with E-state index in [1.54, 1.807) is 6.07 Å². The molecule has 3 nitrogen and oxygen atoms in total. The van der Waals surface area contributed by atoms with Crippen molar-refractivity contribution in [2.24, 2.45) is 0 Å². The van der Waals surface area contributed by atoms with Crippen LogP contribution in [0, 0.1) is 5.82 Å². The highest BCUT2D eigenvalue weighted by atomic mass is 79.9. The van der Waals surface area contributed by atoms with Crippen molar-refractivity contribution in [2.45, 2.75) is 24.1 Å². The topological polar surface area (TPSA) is 43.8 Å². The molecule has 2 aromatic rings. The van der Waals surface area contributed by atoms with Crippen LogP contribution in [0.25, 0.3) is 11.0 Å². The van der Waals surface area contributed by atoms with E-state index in [9.17, 15) is 4.39 Å². The van der Waals surface area contributed by atoms with Gasteiger partial charge >= 0.3 is 0 Å². The van der Waals surface area contributed by atoms with Crippen molar-refractivity contribution in [3.8, 4) is 0 Å². The lowest BCUT2D eigenvalue weighted by Gasteiger charge is -2.14. The van der Waals surface area contributed by atoms with Gasteiger partial charge in [-0.15, -0.1) is 0 Å². The van der Waals surface area contributed by atoms with E-state index in [0.717, 1.165) is 12.1 Å². The second kappa shape index (κ2) is 4.13. The Morgan fingerprint density at radius 2 is 2.28 bits per heavy atom. The fourth-order valence-corrected chi connectivity index (χ4v) is 3.26. The van der Waals surface area contributed by atoms with Gasteiger partial charge in [-0.05, 0) is 41.1 Å². The number of nitrogens with two attached hydrogens (primary N) is 1. The normalized spacial score (nSPS) is 17.3. The summed E-state index contributed by atoms with van der Waals surface area (Å²) in [5.74, 6) is 0.154. The third kappa shape index (κ3) is 1.91. The second-order valence-electron chi connectivity index (χ2n) is 4.70. The first-order chi connectivity index (χ1) is 8.54. The van der Waals surface area contributed by atoms with Crippen LogP contribution in [0.5, 0.6) is 0 Å². The Labute approximate surface area is 117 Å². The number of hydrogen-bond acceptors (Lipinski definition) is 3. The van der Waals surface area contributed by atoms with Gasteiger partial charge in [0.05, 0.1) is 15.5 Å². The number of thioether (sulfide) groups is 1. The van der Waals surface area contributed by atoms with Gasteiger partial charge in [0, 0.05) is 17.4 Å². The number of imidazole rings is 1. The van der Waals surface area contributed by atoms with E-state index >= 15 is 0 Å². The Kier molecular flexibility index (Phi) is 2.82. The van der Waals surface area contributed by atoms with E-state index in [2.05, 4.69) is 27.2 Å². The van der Waals surface area contributed by atoms with Crippen molar-refractivity contribution in [1.82, 2.24) is 9.55 Å². The highest BCUT2D eigenvalue weighted by molar-refractivity contribution is 9.10. The summed E-state index contributed by atoms with van der Waals surface area (Å²) >= 11 is 5.08. The number of anilines is 1. The maximum absolute atomic E-state index is 13.5. The molecule has 1 aromatic heterocycles. The number of nitrogen functional groups attached to an aromatic ring is 1. The van der Waals surface area contributed by atoms with Crippen molar-refractivity contribution in [2.75, 3.05) is 12.0 Å². The smallest absolute Gasteiger partial charge is 0.201 e. The Morgan fingerprint density at radius 1 is 1.56 bits per heavy atom. The molecule has 0 spiro atoms. The number of hydrogen-bond donors (Lipinski definition) is 1. The summed E-state index contributed by atoms with van der Waals surface area (Å²) < 4.78 is 16.2. The van der Waals surface area contributed by atoms with Crippen LogP contribution in [0.4, 0.5) is 10.3 Å². The Bertz CT molecular complexity index is 621. The predicted molar refractivity (Wildman–Crippen MR) is 77.3 cm³/mol. The van der Waals surface area contributed by atoms with Crippen molar-refractivity contribution >= 4 is 44.7 Å². The molecule has 0 saturated heterocycles. The minimum atomic E-state index is -0.307. The highest BCUT2D eigenvalue weighted by Crippen LogP contribution is 2.49. The van der Waals surface area contributed by atoms with Crippen LogP contribution in [0.15, 0.2) is 16.6 Å². The molecule has 2 N–H and O–H groups in total. The number of fused-ring (bicyclic) bond motifs is 1. The maximum Gasteiger partial charge on any atom is 0.201 e. The molecule has 0 atom stereocenters. The molecule has 3 rings (SSSR count). The lowest BCUT2D eigenvalue weighted by Crippen LogP contribution is -2.15. The van der Waals surface area contributed by atoms with Gasteiger partial charge in [0.1, 0.15) is 5.82 Å². The average molecular weight is 330 g/mol. The largest absolute Gasteiger partial charge is 0.369 e. The third-order valence-corrected chi connectivity index (χ3v) is 5.52. The standard InChI is InChI=1S/C12H13BrFN3S/c1-18-12(2-3-12)6-17-10-4-7(13)8(14)5-9(10)16-11(17)15/h4-5H,2-3,6H2,1H3,(H2,15,16). The van der Waals surface area contributed by atoms with Crippen LogP contribution in [0.3, 0.4) is 0 Å². The fourth-order valence-electron chi connectivity index (χ4n) is 2.16. The molecule has 0 radical (unpaired) electrons. The lowest BCUT2D eigenvalue weighted by atomic mass is 10.3. The van der Waals surface area contributed by atoms with E-state index in [-0.39, 0.29) is 5.82 Å². The summed E-state index contributed by atoms with van der Waals surface area (Å²) in [5, 5.41) is 0. The quantitative estimate of drug-likeness (QED) is 0.938. The van der Waals surface area contributed by atoms with E-state index in [0.29, 0.717) is 20.7 Å². The SMILES string of the molecule is CSC1(Cn2c(N)nc3cc(F)c(Br)cc32)CC1. The molecule has 0 unspecified atom stereocenters. The highest BCUT2D eigenvalue weighted by Gasteiger charge is 2.42.